The highest BCUT2D eigenvalue weighted by Crippen LogP contribution is 2.34. The van der Waals surface area contributed by atoms with Crippen LogP contribution in [0.2, 0.25) is 0 Å². The molecule has 0 spiro atoms. The molecule has 1 saturated heterocycles. The van der Waals surface area contributed by atoms with Gasteiger partial charge in [0.1, 0.15) is 17.6 Å². The molecule has 5 rings (SSSR count). The standard InChI is InChI=1S/C26H28N6O4S/c1-30-12-14-31(15-13-30)26-28-23-10-11-32(37(33,34)24-9-4-3-6-19(24)17-27)18-22(23)25(29-26)36-21-8-5-7-20(16-21)35-2/h3-9,16H,10-15,18H2,1-2H3. The molecule has 192 valence electrons. The number of sulfonamides is 1. The van der Waals surface area contributed by atoms with Crippen LogP contribution < -0.4 is 14.4 Å². The Hall–Kier alpha value is -3.72. The van der Waals surface area contributed by atoms with Crippen molar-refractivity contribution in [1.82, 2.24) is 19.2 Å². The molecule has 0 bridgehead atoms. The second-order valence-electron chi connectivity index (χ2n) is 9.02. The summed E-state index contributed by atoms with van der Waals surface area (Å²) in [7, 11) is -0.253. The predicted molar refractivity (Wildman–Crippen MR) is 137 cm³/mol. The van der Waals surface area contributed by atoms with Crippen molar-refractivity contribution in [2.75, 3.05) is 51.8 Å². The summed E-state index contributed by atoms with van der Waals surface area (Å²) in [6, 6.07) is 15.4. The molecule has 0 radical (unpaired) electrons. The third-order valence-electron chi connectivity index (χ3n) is 6.64. The molecule has 2 aromatic carbocycles. The Kier molecular flexibility index (Phi) is 6.97. The first-order valence-electron chi connectivity index (χ1n) is 12.0. The molecule has 0 saturated carbocycles. The highest BCUT2D eigenvalue weighted by molar-refractivity contribution is 7.89. The Morgan fingerprint density at radius 2 is 1.73 bits per heavy atom. The zero-order chi connectivity index (χ0) is 26.0. The van der Waals surface area contributed by atoms with E-state index in [2.05, 4.69) is 16.8 Å². The van der Waals surface area contributed by atoms with E-state index in [1.807, 2.05) is 18.2 Å². The van der Waals surface area contributed by atoms with E-state index in [0.29, 0.717) is 35.3 Å². The fourth-order valence-electron chi connectivity index (χ4n) is 4.48. The fourth-order valence-corrected chi connectivity index (χ4v) is 6.03. The summed E-state index contributed by atoms with van der Waals surface area (Å²) < 4.78 is 40.0. The number of fused-ring (bicyclic) bond motifs is 1. The largest absolute Gasteiger partial charge is 0.497 e. The Morgan fingerprint density at radius 3 is 2.49 bits per heavy atom. The van der Waals surface area contributed by atoms with Crippen LogP contribution in [0.5, 0.6) is 17.4 Å². The Bertz CT molecular complexity index is 1450. The molecule has 0 aliphatic carbocycles. The minimum atomic E-state index is -3.92. The van der Waals surface area contributed by atoms with E-state index in [9.17, 15) is 13.7 Å². The van der Waals surface area contributed by atoms with Crippen LogP contribution >= 0.6 is 0 Å². The number of likely N-dealkylation sites (N-methyl/N-ethyl adjacent to an activating group) is 1. The second-order valence-corrected chi connectivity index (χ2v) is 10.9. The van der Waals surface area contributed by atoms with Gasteiger partial charge < -0.3 is 19.3 Å². The average molecular weight is 521 g/mol. The number of nitriles is 1. The number of hydrogen-bond acceptors (Lipinski definition) is 9. The first-order valence-corrected chi connectivity index (χ1v) is 13.5. The number of hydrogen-bond donors (Lipinski definition) is 0. The molecule has 0 N–H and O–H groups in total. The van der Waals surface area contributed by atoms with Crippen molar-refractivity contribution in [3.05, 3.63) is 65.4 Å². The van der Waals surface area contributed by atoms with Gasteiger partial charge in [0.05, 0.1) is 28.8 Å². The first kappa shape index (κ1) is 25.0. The van der Waals surface area contributed by atoms with Gasteiger partial charge >= 0.3 is 0 Å². The van der Waals surface area contributed by atoms with Crippen molar-refractivity contribution in [3.63, 3.8) is 0 Å². The third-order valence-corrected chi connectivity index (χ3v) is 8.55. The molecule has 0 atom stereocenters. The number of piperazine rings is 1. The molecule has 37 heavy (non-hydrogen) atoms. The Labute approximate surface area is 216 Å². The number of aromatic nitrogens is 2. The lowest BCUT2D eigenvalue weighted by molar-refractivity contribution is 0.310. The maximum absolute atomic E-state index is 13.5. The maximum atomic E-state index is 13.5. The molecule has 11 heteroatoms. The van der Waals surface area contributed by atoms with Gasteiger partial charge in [-0.3, -0.25) is 0 Å². The summed E-state index contributed by atoms with van der Waals surface area (Å²) in [4.78, 5) is 14.0. The fraction of sp³-hybridized carbons (Fsp3) is 0.346. The number of anilines is 1. The van der Waals surface area contributed by atoms with Gasteiger partial charge in [-0.05, 0) is 31.3 Å². The van der Waals surface area contributed by atoms with Crippen molar-refractivity contribution >= 4 is 16.0 Å². The first-order chi connectivity index (χ1) is 17.9. The zero-order valence-electron chi connectivity index (χ0n) is 20.8. The quantitative estimate of drug-likeness (QED) is 0.484. The van der Waals surface area contributed by atoms with Crippen molar-refractivity contribution in [3.8, 4) is 23.4 Å². The monoisotopic (exact) mass is 520 g/mol. The van der Waals surface area contributed by atoms with E-state index in [4.69, 9.17) is 19.4 Å². The van der Waals surface area contributed by atoms with Crippen LogP contribution in [0.1, 0.15) is 16.8 Å². The zero-order valence-corrected chi connectivity index (χ0v) is 21.6. The number of benzene rings is 2. The van der Waals surface area contributed by atoms with Crippen molar-refractivity contribution in [2.45, 2.75) is 17.9 Å². The normalized spacial score (nSPS) is 16.6. The van der Waals surface area contributed by atoms with Gasteiger partial charge in [0.25, 0.3) is 0 Å². The van der Waals surface area contributed by atoms with Crippen molar-refractivity contribution in [1.29, 1.82) is 5.26 Å². The number of ether oxygens (including phenoxy) is 2. The SMILES string of the molecule is COc1cccc(Oc2nc(N3CCN(C)CC3)nc3c2CN(S(=O)(=O)c2ccccc2C#N)CC3)c1. The lowest BCUT2D eigenvalue weighted by Crippen LogP contribution is -2.45. The molecule has 0 unspecified atom stereocenters. The van der Waals surface area contributed by atoms with Crippen molar-refractivity contribution < 1.29 is 17.9 Å². The lowest BCUT2D eigenvalue weighted by atomic mass is 10.1. The van der Waals surface area contributed by atoms with E-state index in [-0.39, 0.29) is 23.5 Å². The topological polar surface area (TPSA) is 112 Å². The minimum Gasteiger partial charge on any atom is -0.497 e. The van der Waals surface area contributed by atoms with E-state index in [1.54, 1.807) is 31.4 Å². The Balaban J connectivity index is 1.53. The molecule has 10 nitrogen and oxygen atoms in total. The van der Waals surface area contributed by atoms with Gasteiger partial charge in [-0.15, -0.1) is 0 Å². The third kappa shape index (κ3) is 5.09. The average Bonchev–Trinajstić information content (AvgIpc) is 2.93. The van der Waals surface area contributed by atoms with Crippen LogP contribution in [0.25, 0.3) is 0 Å². The predicted octanol–water partition coefficient (Wildman–Crippen LogP) is 2.65. The molecular formula is C26H28N6O4S. The molecule has 3 aromatic rings. The van der Waals surface area contributed by atoms with Crippen LogP contribution in [0.4, 0.5) is 5.95 Å². The van der Waals surface area contributed by atoms with Gasteiger partial charge in [-0.25, -0.2) is 13.4 Å². The molecule has 1 aromatic heterocycles. The summed E-state index contributed by atoms with van der Waals surface area (Å²) >= 11 is 0. The lowest BCUT2D eigenvalue weighted by Gasteiger charge is -2.34. The summed E-state index contributed by atoms with van der Waals surface area (Å²) in [5, 5.41) is 9.47. The van der Waals surface area contributed by atoms with E-state index < -0.39 is 10.0 Å². The number of nitrogens with zero attached hydrogens (tertiary/aromatic N) is 6. The molecule has 1 fully saturated rings. The van der Waals surface area contributed by atoms with Crippen LogP contribution in [0.15, 0.2) is 53.4 Å². The smallest absolute Gasteiger partial charge is 0.244 e. The molecular weight excluding hydrogens is 492 g/mol. The van der Waals surface area contributed by atoms with Crippen molar-refractivity contribution in [2.24, 2.45) is 0 Å². The molecule has 2 aliphatic rings. The maximum Gasteiger partial charge on any atom is 0.244 e. The van der Waals surface area contributed by atoms with E-state index in [1.165, 1.54) is 16.4 Å². The van der Waals surface area contributed by atoms with Crippen LogP contribution in [-0.4, -0.2) is 74.5 Å². The number of rotatable bonds is 6. The van der Waals surface area contributed by atoms with Crippen LogP contribution in [0.3, 0.4) is 0 Å². The summed E-state index contributed by atoms with van der Waals surface area (Å²) in [6.07, 6.45) is 0.404. The highest BCUT2D eigenvalue weighted by Gasteiger charge is 2.34. The summed E-state index contributed by atoms with van der Waals surface area (Å²) in [5.41, 5.74) is 1.50. The van der Waals surface area contributed by atoms with Gasteiger partial charge in [0.2, 0.25) is 21.9 Å². The van der Waals surface area contributed by atoms with Crippen LogP contribution in [-0.2, 0) is 23.0 Å². The van der Waals surface area contributed by atoms with Gasteiger partial charge in [0.15, 0.2) is 0 Å². The number of methoxy groups -OCH3 is 1. The van der Waals surface area contributed by atoms with E-state index >= 15 is 0 Å². The van der Waals surface area contributed by atoms with Gasteiger partial charge in [-0.1, -0.05) is 18.2 Å². The van der Waals surface area contributed by atoms with Gasteiger partial charge in [-0.2, -0.15) is 14.6 Å². The Morgan fingerprint density at radius 1 is 0.973 bits per heavy atom. The molecule has 2 aliphatic heterocycles. The second kappa shape index (κ2) is 10.3. The van der Waals surface area contributed by atoms with E-state index in [0.717, 1.165) is 31.9 Å². The summed E-state index contributed by atoms with van der Waals surface area (Å²) in [6.45, 7) is 3.67. The van der Waals surface area contributed by atoms with Crippen LogP contribution in [0, 0.1) is 11.3 Å². The molecule has 0 amide bonds. The van der Waals surface area contributed by atoms with Gasteiger partial charge in [0, 0.05) is 51.8 Å². The highest BCUT2D eigenvalue weighted by atomic mass is 32.2. The molecule has 3 heterocycles. The summed E-state index contributed by atoms with van der Waals surface area (Å²) in [5.74, 6) is 2.06. The minimum absolute atomic E-state index is 0.00816.